The average molecular weight is 265 g/mol. The van der Waals surface area contributed by atoms with Crippen LogP contribution in [0.5, 0.6) is 5.75 Å². The van der Waals surface area contributed by atoms with E-state index >= 15 is 0 Å². The lowest BCUT2D eigenvalue weighted by atomic mass is 9.93. The highest BCUT2D eigenvalue weighted by molar-refractivity contribution is 5.69. The van der Waals surface area contributed by atoms with Crippen molar-refractivity contribution < 1.29 is 14.6 Å². The lowest BCUT2D eigenvalue weighted by Crippen LogP contribution is -2.45. The molecule has 4 nitrogen and oxygen atoms in total. The number of aromatic hydroxyl groups is 1. The van der Waals surface area contributed by atoms with Gasteiger partial charge in [-0.2, -0.15) is 0 Å². The number of hydrogen-bond donors (Lipinski definition) is 1. The molecule has 0 saturated carbocycles. The predicted molar refractivity (Wildman–Crippen MR) is 75.1 cm³/mol. The van der Waals surface area contributed by atoms with E-state index in [-0.39, 0.29) is 11.8 Å². The van der Waals surface area contributed by atoms with Crippen molar-refractivity contribution in [3.05, 3.63) is 29.8 Å². The lowest BCUT2D eigenvalue weighted by Gasteiger charge is -2.37. The Bertz CT molecular complexity index is 461. The van der Waals surface area contributed by atoms with Crippen LogP contribution in [0.3, 0.4) is 0 Å². The largest absolute Gasteiger partial charge is 0.508 e. The number of nitrogens with zero attached hydrogens (tertiary/aromatic N) is 1. The first kappa shape index (κ1) is 15.3. The fourth-order valence-corrected chi connectivity index (χ4v) is 1.64. The van der Waals surface area contributed by atoms with E-state index < -0.39 is 11.1 Å². The first-order valence-corrected chi connectivity index (χ1v) is 6.30. The first-order chi connectivity index (χ1) is 8.54. The number of benzene rings is 1. The van der Waals surface area contributed by atoms with Gasteiger partial charge in [-0.25, -0.2) is 4.79 Å². The molecule has 106 valence electrons. The van der Waals surface area contributed by atoms with Gasteiger partial charge in [0.2, 0.25) is 0 Å². The number of carbonyl (C=O) groups is 1. The van der Waals surface area contributed by atoms with Gasteiger partial charge in [0.25, 0.3) is 0 Å². The Morgan fingerprint density at radius 2 is 1.79 bits per heavy atom. The molecule has 0 aliphatic heterocycles. The molecule has 1 aromatic carbocycles. The second-order valence-corrected chi connectivity index (χ2v) is 6.15. The van der Waals surface area contributed by atoms with Crippen LogP contribution in [0.15, 0.2) is 24.3 Å². The van der Waals surface area contributed by atoms with Crippen LogP contribution in [0.25, 0.3) is 0 Å². The molecule has 1 N–H and O–H groups in total. The summed E-state index contributed by atoms with van der Waals surface area (Å²) in [5, 5.41) is 9.55. The maximum absolute atomic E-state index is 12.1. The molecule has 1 aromatic rings. The number of amides is 1. The normalized spacial score (nSPS) is 12.1. The molecular formula is C15H23NO3. The molecule has 19 heavy (non-hydrogen) atoms. The van der Waals surface area contributed by atoms with Crippen molar-refractivity contribution in [2.24, 2.45) is 0 Å². The minimum absolute atomic E-state index is 0.183. The van der Waals surface area contributed by atoms with Crippen LogP contribution >= 0.6 is 0 Å². The van der Waals surface area contributed by atoms with E-state index in [0.717, 1.165) is 5.56 Å². The summed E-state index contributed by atoms with van der Waals surface area (Å²) in [6.45, 7) is 9.32. The Morgan fingerprint density at radius 1 is 1.21 bits per heavy atom. The van der Waals surface area contributed by atoms with E-state index in [1.165, 1.54) is 4.90 Å². The molecule has 0 aliphatic carbocycles. The molecule has 1 amide bonds. The van der Waals surface area contributed by atoms with Crippen molar-refractivity contribution in [2.45, 2.75) is 45.8 Å². The van der Waals surface area contributed by atoms with Crippen molar-refractivity contribution in [2.75, 3.05) is 7.05 Å². The maximum Gasteiger partial charge on any atom is 0.410 e. The minimum Gasteiger partial charge on any atom is -0.508 e. The Kier molecular flexibility index (Phi) is 4.13. The zero-order valence-corrected chi connectivity index (χ0v) is 12.5. The molecular weight excluding hydrogens is 242 g/mol. The zero-order valence-electron chi connectivity index (χ0n) is 12.5. The van der Waals surface area contributed by atoms with Crippen LogP contribution in [0.1, 0.15) is 40.2 Å². The van der Waals surface area contributed by atoms with Gasteiger partial charge in [0.05, 0.1) is 5.54 Å². The Morgan fingerprint density at radius 3 is 2.26 bits per heavy atom. The van der Waals surface area contributed by atoms with Gasteiger partial charge in [0.1, 0.15) is 11.4 Å². The third-order valence-corrected chi connectivity index (χ3v) is 3.06. The average Bonchev–Trinajstić information content (AvgIpc) is 2.25. The fourth-order valence-electron chi connectivity index (χ4n) is 1.64. The quantitative estimate of drug-likeness (QED) is 0.890. The summed E-state index contributed by atoms with van der Waals surface area (Å²) in [4.78, 5) is 13.6. The summed E-state index contributed by atoms with van der Waals surface area (Å²) < 4.78 is 5.36. The van der Waals surface area contributed by atoms with Crippen LogP contribution in [0.2, 0.25) is 0 Å². The molecule has 4 heteroatoms. The summed E-state index contributed by atoms with van der Waals surface area (Å²) in [5.74, 6) is 0.183. The number of phenolic OH excluding ortho intramolecular Hbond substituents is 1. The molecule has 0 fully saturated rings. The lowest BCUT2D eigenvalue weighted by molar-refractivity contribution is 0.0103. The van der Waals surface area contributed by atoms with Gasteiger partial charge in [0.15, 0.2) is 0 Å². The summed E-state index contributed by atoms with van der Waals surface area (Å²) in [6, 6.07) is 6.89. The zero-order chi connectivity index (χ0) is 14.8. The number of carbonyl (C=O) groups excluding carboxylic acids is 1. The van der Waals surface area contributed by atoms with Crippen LogP contribution in [0.4, 0.5) is 4.79 Å². The summed E-state index contributed by atoms with van der Waals surface area (Å²) >= 11 is 0. The molecule has 1 rings (SSSR count). The molecule has 0 unspecified atom stereocenters. The smallest absolute Gasteiger partial charge is 0.410 e. The molecule has 0 heterocycles. The molecule has 0 aliphatic rings. The molecule has 0 bridgehead atoms. The van der Waals surface area contributed by atoms with Crippen molar-refractivity contribution in [1.82, 2.24) is 4.90 Å². The molecule has 0 spiro atoms. The standard InChI is InChI=1S/C15H23NO3/c1-14(2,3)19-13(18)16(6)15(4,5)11-8-7-9-12(17)10-11/h7-10,17H,1-6H3. The first-order valence-electron chi connectivity index (χ1n) is 6.30. The third-order valence-electron chi connectivity index (χ3n) is 3.06. The van der Waals surface area contributed by atoms with Gasteiger partial charge in [-0.1, -0.05) is 12.1 Å². The molecule has 0 aromatic heterocycles. The number of hydrogen-bond acceptors (Lipinski definition) is 3. The monoisotopic (exact) mass is 265 g/mol. The van der Waals surface area contributed by atoms with E-state index in [1.54, 1.807) is 25.2 Å². The highest BCUT2D eigenvalue weighted by Crippen LogP contribution is 2.29. The van der Waals surface area contributed by atoms with Crippen molar-refractivity contribution in [3.63, 3.8) is 0 Å². The Balaban J connectivity index is 2.96. The van der Waals surface area contributed by atoms with E-state index in [9.17, 15) is 9.90 Å². The van der Waals surface area contributed by atoms with E-state index in [2.05, 4.69) is 0 Å². The van der Waals surface area contributed by atoms with Gasteiger partial charge >= 0.3 is 6.09 Å². The van der Waals surface area contributed by atoms with Crippen molar-refractivity contribution >= 4 is 6.09 Å². The highest BCUT2D eigenvalue weighted by Gasteiger charge is 2.32. The van der Waals surface area contributed by atoms with E-state index in [1.807, 2.05) is 40.7 Å². The third kappa shape index (κ3) is 3.88. The van der Waals surface area contributed by atoms with Crippen LogP contribution in [0, 0.1) is 0 Å². The molecule has 0 saturated heterocycles. The topological polar surface area (TPSA) is 49.8 Å². The van der Waals surface area contributed by atoms with E-state index in [4.69, 9.17) is 4.74 Å². The van der Waals surface area contributed by atoms with Crippen LogP contribution < -0.4 is 0 Å². The van der Waals surface area contributed by atoms with Gasteiger partial charge in [0, 0.05) is 7.05 Å². The van der Waals surface area contributed by atoms with Crippen LogP contribution in [-0.4, -0.2) is 28.7 Å². The minimum atomic E-state index is -0.568. The second kappa shape index (κ2) is 5.11. The maximum atomic E-state index is 12.1. The fraction of sp³-hybridized carbons (Fsp3) is 0.533. The summed E-state index contributed by atoms with van der Waals surface area (Å²) in [5.41, 5.74) is -0.248. The van der Waals surface area contributed by atoms with Gasteiger partial charge < -0.3 is 14.7 Å². The second-order valence-electron chi connectivity index (χ2n) is 6.15. The summed E-state index contributed by atoms with van der Waals surface area (Å²) in [6.07, 6.45) is -0.388. The highest BCUT2D eigenvalue weighted by atomic mass is 16.6. The molecule has 0 atom stereocenters. The number of rotatable bonds is 2. The Hall–Kier alpha value is -1.71. The number of phenols is 1. The molecule has 0 radical (unpaired) electrons. The van der Waals surface area contributed by atoms with Crippen molar-refractivity contribution in [3.8, 4) is 5.75 Å². The SMILES string of the molecule is CN(C(=O)OC(C)(C)C)C(C)(C)c1cccc(O)c1. The predicted octanol–water partition coefficient (Wildman–Crippen LogP) is 3.49. The van der Waals surface area contributed by atoms with Crippen LogP contribution in [-0.2, 0) is 10.3 Å². The van der Waals surface area contributed by atoms with Gasteiger partial charge in [-0.05, 0) is 52.3 Å². The summed E-state index contributed by atoms with van der Waals surface area (Å²) in [7, 11) is 1.69. The number of ether oxygens (including phenoxy) is 1. The van der Waals surface area contributed by atoms with Crippen molar-refractivity contribution in [1.29, 1.82) is 0 Å². The Labute approximate surface area is 115 Å². The van der Waals surface area contributed by atoms with Gasteiger partial charge in [-0.3, -0.25) is 0 Å². The van der Waals surface area contributed by atoms with Gasteiger partial charge in [-0.15, -0.1) is 0 Å². The van der Waals surface area contributed by atoms with E-state index in [0.29, 0.717) is 0 Å².